The van der Waals surface area contributed by atoms with Gasteiger partial charge >= 0.3 is 6.01 Å². The van der Waals surface area contributed by atoms with Gasteiger partial charge in [0.25, 0.3) is 0 Å². The molecule has 2 N–H and O–H groups in total. The maximum absolute atomic E-state index is 5.43. The maximum atomic E-state index is 5.43. The molecule has 104 valence electrons. The minimum atomic E-state index is 0.411. The van der Waals surface area contributed by atoms with Crippen LogP contribution < -0.4 is 10.6 Å². The van der Waals surface area contributed by atoms with Crippen molar-refractivity contribution in [3.05, 3.63) is 22.0 Å². The number of nitrogens with zero attached hydrogens (tertiary/aromatic N) is 3. The smallest absolute Gasteiger partial charge is 0.315 e. The molecule has 0 amide bonds. The fourth-order valence-electron chi connectivity index (χ4n) is 1.42. The highest BCUT2D eigenvalue weighted by atomic mass is 32.1. The number of methoxy groups -OCH3 is 1. The van der Waals surface area contributed by atoms with E-state index in [0.29, 0.717) is 31.6 Å². The molecule has 2 aromatic heterocycles. The first-order valence-corrected chi connectivity index (χ1v) is 6.83. The second-order valence-electron chi connectivity index (χ2n) is 3.88. The Balaban J connectivity index is 1.74. The third kappa shape index (κ3) is 4.58. The maximum Gasteiger partial charge on any atom is 0.315 e. The number of aromatic nitrogens is 3. The summed E-state index contributed by atoms with van der Waals surface area (Å²) in [6.07, 6.45) is 0. The number of rotatable bonds is 8. The summed E-state index contributed by atoms with van der Waals surface area (Å²) in [5.74, 6) is 0.549. The van der Waals surface area contributed by atoms with Gasteiger partial charge in [-0.15, -0.1) is 16.4 Å². The third-order valence-electron chi connectivity index (χ3n) is 2.31. The molecule has 0 fully saturated rings. The van der Waals surface area contributed by atoms with Gasteiger partial charge in [-0.2, -0.15) is 0 Å². The van der Waals surface area contributed by atoms with Crippen LogP contribution in [-0.4, -0.2) is 35.4 Å². The van der Waals surface area contributed by atoms with Gasteiger partial charge in [0.1, 0.15) is 0 Å². The molecule has 0 unspecified atom stereocenters. The number of aryl methyl sites for hydroxylation is 1. The van der Waals surface area contributed by atoms with Crippen LogP contribution in [0.1, 0.15) is 16.6 Å². The van der Waals surface area contributed by atoms with Crippen LogP contribution in [-0.2, 0) is 17.8 Å². The Hall–Kier alpha value is -1.51. The highest BCUT2D eigenvalue weighted by Gasteiger charge is 2.06. The first kappa shape index (κ1) is 13.9. The molecule has 8 heteroatoms. The van der Waals surface area contributed by atoms with Crippen molar-refractivity contribution in [2.45, 2.75) is 20.0 Å². The molecule has 0 aliphatic carbocycles. The lowest BCUT2D eigenvalue weighted by Crippen LogP contribution is -2.18. The van der Waals surface area contributed by atoms with Crippen LogP contribution in [0.25, 0.3) is 0 Å². The van der Waals surface area contributed by atoms with Crippen molar-refractivity contribution in [2.24, 2.45) is 0 Å². The number of anilines is 1. The highest BCUT2D eigenvalue weighted by molar-refractivity contribution is 7.09. The summed E-state index contributed by atoms with van der Waals surface area (Å²) in [5, 5.41) is 17.1. The van der Waals surface area contributed by atoms with Crippen molar-refractivity contribution in [1.82, 2.24) is 20.5 Å². The Morgan fingerprint density at radius 3 is 3.00 bits per heavy atom. The molecule has 0 aromatic carbocycles. The van der Waals surface area contributed by atoms with Gasteiger partial charge in [0.15, 0.2) is 0 Å². The summed E-state index contributed by atoms with van der Waals surface area (Å²) in [6, 6.07) is 0.411. The standard InChI is InChI=1S/C11H17N5O2S/c1-8-14-9(7-19-8)5-13-11-16-15-10(18-11)6-12-3-4-17-2/h7,12H,3-6H2,1-2H3,(H,13,16). The molecule has 0 aliphatic rings. The molecule has 7 nitrogen and oxygen atoms in total. The topological polar surface area (TPSA) is 85.1 Å². The van der Waals surface area contributed by atoms with Crippen molar-refractivity contribution >= 4 is 17.4 Å². The summed E-state index contributed by atoms with van der Waals surface area (Å²) in [7, 11) is 1.66. The summed E-state index contributed by atoms with van der Waals surface area (Å²) in [6.45, 7) is 4.50. The van der Waals surface area contributed by atoms with Gasteiger partial charge in [0, 0.05) is 19.0 Å². The average molecular weight is 283 g/mol. The highest BCUT2D eigenvalue weighted by Crippen LogP contribution is 2.11. The van der Waals surface area contributed by atoms with E-state index in [1.807, 2.05) is 12.3 Å². The Morgan fingerprint density at radius 1 is 1.37 bits per heavy atom. The minimum Gasteiger partial charge on any atom is -0.407 e. The second-order valence-corrected chi connectivity index (χ2v) is 4.94. The van der Waals surface area contributed by atoms with Crippen molar-refractivity contribution < 1.29 is 9.15 Å². The molecule has 0 atom stereocenters. The second kappa shape index (κ2) is 7.17. The van der Waals surface area contributed by atoms with Gasteiger partial charge in [-0.3, -0.25) is 0 Å². The van der Waals surface area contributed by atoms with Gasteiger partial charge < -0.3 is 19.8 Å². The number of ether oxygens (including phenoxy) is 1. The lowest BCUT2D eigenvalue weighted by atomic mass is 10.5. The predicted molar refractivity (Wildman–Crippen MR) is 72.1 cm³/mol. The van der Waals surface area contributed by atoms with Crippen LogP contribution in [0.5, 0.6) is 0 Å². The summed E-state index contributed by atoms with van der Waals surface area (Å²) in [4.78, 5) is 4.34. The zero-order valence-electron chi connectivity index (χ0n) is 11.0. The first-order valence-electron chi connectivity index (χ1n) is 5.95. The van der Waals surface area contributed by atoms with E-state index in [2.05, 4.69) is 25.8 Å². The number of nitrogens with one attached hydrogen (secondary N) is 2. The SMILES string of the molecule is COCCNCc1nnc(NCc2csc(C)n2)o1. The first-order chi connectivity index (χ1) is 9.28. The molecule has 0 radical (unpaired) electrons. The average Bonchev–Trinajstić information content (AvgIpc) is 3.01. The Bertz CT molecular complexity index is 499. The zero-order chi connectivity index (χ0) is 13.5. The normalized spacial score (nSPS) is 10.8. The van der Waals surface area contributed by atoms with E-state index >= 15 is 0 Å². The summed E-state index contributed by atoms with van der Waals surface area (Å²) in [5.41, 5.74) is 0.973. The van der Waals surface area contributed by atoms with E-state index in [0.717, 1.165) is 17.2 Å². The van der Waals surface area contributed by atoms with Crippen LogP contribution in [0.3, 0.4) is 0 Å². The van der Waals surface area contributed by atoms with Gasteiger partial charge in [-0.1, -0.05) is 5.10 Å². The van der Waals surface area contributed by atoms with Gasteiger partial charge in [-0.25, -0.2) is 4.98 Å². The van der Waals surface area contributed by atoms with Crippen LogP contribution in [0.15, 0.2) is 9.80 Å². The van der Waals surface area contributed by atoms with E-state index in [4.69, 9.17) is 9.15 Å². The van der Waals surface area contributed by atoms with Crippen LogP contribution >= 0.6 is 11.3 Å². The van der Waals surface area contributed by atoms with Crippen molar-refractivity contribution in [3.8, 4) is 0 Å². The van der Waals surface area contributed by atoms with Crippen molar-refractivity contribution in [2.75, 3.05) is 25.6 Å². The molecule has 0 bridgehead atoms. The molecule has 19 heavy (non-hydrogen) atoms. The van der Waals surface area contributed by atoms with E-state index in [-0.39, 0.29) is 0 Å². The van der Waals surface area contributed by atoms with Crippen molar-refractivity contribution in [3.63, 3.8) is 0 Å². The fourth-order valence-corrected chi connectivity index (χ4v) is 2.03. The molecular weight excluding hydrogens is 266 g/mol. The number of hydrogen-bond donors (Lipinski definition) is 2. The fraction of sp³-hybridized carbons (Fsp3) is 0.545. The Kier molecular flexibility index (Phi) is 5.25. The van der Waals surface area contributed by atoms with Crippen LogP contribution in [0.4, 0.5) is 6.01 Å². The molecule has 0 spiro atoms. The lowest BCUT2D eigenvalue weighted by Gasteiger charge is -1.99. The molecule has 0 aliphatic heterocycles. The van der Waals surface area contributed by atoms with Gasteiger partial charge in [0.05, 0.1) is 30.4 Å². The molecule has 0 saturated heterocycles. The molecule has 2 rings (SSSR count). The minimum absolute atomic E-state index is 0.411. The van der Waals surface area contributed by atoms with Gasteiger partial charge in [0.2, 0.25) is 5.89 Å². The largest absolute Gasteiger partial charge is 0.407 e. The monoisotopic (exact) mass is 283 g/mol. The number of thiazole rings is 1. The van der Waals surface area contributed by atoms with E-state index in [1.165, 1.54) is 0 Å². The predicted octanol–water partition coefficient (Wildman–Crippen LogP) is 1.18. The summed E-state index contributed by atoms with van der Waals surface area (Å²) < 4.78 is 10.4. The van der Waals surface area contributed by atoms with E-state index in [1.54, 1.807) is 18.4 Å². The summed E-state index contributed by atoms with van der Waals surface area (Å²) >= 11 is 1.62. The van der Waals surface area contributed by atoms with E-state index < -0.39 is 0 Å². The van der Waals surface area contributed by atoms with Crippen molar-refractivity contribution in [1.29, 1.82) is 0 Å². The molecular formula is C11H17N5O2S. The quantitative estimate of drug-likeness (QED) is 0.704. The molecule has 2 aromatic rings. The molecule has 2 heterocycles. The van der Waals surface area contributed by atoms with Crippen LogP contribution in [0.2, 0.25) is 0 Å². The zero-order valence-corrected chi connectivity index (χ0v) is 11.8. The Morgan fingerprint density at radius 2 is 2.26 bits per heavy atom. The Labute approximate surface area is 115 Å². The van der Waals surface area contributed by atoms with Crippen LogP contribution in [0, 0.1) is 6.92 Å². The lowest BCUT2D eigenvalue weighted by molar-refractivity contribution is 0.198. The third-order valence-corrected chi connectivity index (χ3v) is 3.14. The van der Waals surface area contributed by atoms with Gasteiger partial charge in [-0.05, 0) is 6.92 Å². The van der Waals surface area contributed by atoms with E-state index in [9.17, 15) is 0 Å². The molecule has 0 saturated carbocycles. The number of hydrogen-bond acceptors (Lipinski definition) is 8.